The van der Waals surface area contributed by atoms with Gasteiger partial charge in [0.25, 0.3) is 5.91 Å². The number of nitrogens with two attached hydrogens (primary N) is 1. The molecule has 0 saturated carbocycles. The van der Waals surface area contributed by atoms with Gasteiger partial charge in [-0.3, -0.25) is 9.48 Å². The molecular formula is C21H20Cl2F3N5O. The van der Waals surface area contributed by atoms with Crippen molar-refractivity contribution in [3.05, 3.63) is 57.3 Å². The number of aromatic nitrogens is 3. The summed E-state index contributed by atoms with van der Waals surface area (Å²) in [6.07, 6.45) is -4.61. The van der Waals surface area contributed by atoms with Crippen LogP contribution in [0, 0.1) is 0 Å². The number of anilines is 2. The van der Waals surface area contributed by atoms with Gasteiger partial charge in [0.05, 0.1) is 32.7 Å². The van der Waals surface area contributed by atoms with Crippen molar-refractivity contribution in [1.82, 2.24) is 14.8 Å². The van der Waals surface area contributed by atoms with E-state index in [4.69, 9.17) is 28.9 Å². The lowest BCUT2D eigenvalue weighted by atomic mass is 9.92. The van der Waals surface area contributed by atoms with Gasteiger partial charge in [-0.15, -0.1) is 0 Å². The van der Waals surface area contributed by atoms with Crippen LogP contribution in [-0.4, -0.2) is 20.7 Å². The number of hydrogen-bond acceptors (Lipinski definition) is 4. The minimum Gasteiger partial charge on any atom is -0.395 e. The van der Waals surface area contributed by atoms with Gasteiger partial charge in [-0.25, -0.2) is 4.98 Å². The van der Waals surface area contributed by atoms with Crippen LogP contribution in [0.2, 0.25) is 10.0 Å². The molecule has 0 unspecified atom stereocenters. The highest BCUT2D eigenvalue weighted by Gasteiger charge is 2.34. The molecule has 0 aliphatic heterocycles. The number of hydrogen-bond donors (Lipinski definition) is 2. The number of rotatable bonds is 3. The monoisotopic (exact) mass is 485 g/mol. The van der Waals surface area contributed by atoms with Crippen molar-refractivity contribution in [1.29, 1.82) is 0 Å². The lowest BCUT2D eigenvalue weighted by molar-refractivity contribution is -0.137. The summed E-state index contributed by atoms with van der Waals surface area (Å²) in [4.78, 5) is 17.1. The van der Waals surface area contributed by atoms with Gasteiger partial charge in [0.15, 0.2) is 5.82 Å². The number of carbonyl (C=O) groups excluding carboxylic acids is 1. The number of alkyl halides is 3. The molecular weight excluding hydrogens is 466 g/mol. The Bertz CT molecular complexity index is 1200. The molecule has 2 aromatic heterocycles. The lowest BCUT2D eigenvalue weighted by Crippen LogP contribution is -2.19. The highest BCUT2D eigenvalue weighted by molar-refractivity contribution is 6.35. The van der Waals surface area contributed by atoms with Gasteiger partial charge >= 0.3 is 6.18 Å². The molecule has 0 spiro atoms. The number of carbonyl (C=O) groups is 1. The first-order valence-corrected chi connectivity index (χ1v) is 10.1. The van der Waals surface area contributed by atoms with Crippen molar-refractivity contribution in [3.63, 3.8) is 0 Å². The van der Waals surface area contributed by atoms with Gasteiger partial charge in [0.1, 0.15) is 5.69 Å². The van der Waals surface area contributed by atoms with Crippen molar-refractivity contribution in [3.8, 4) is 11.3 Å². The molecule has 0 saturated heterocycles. The van der Waals surface area contributed by atoms with E-state index >= 15 is 0 Å². The quantitative estimate of drug-likeness (QED) is 0.480. The number of nitrogens with one attached hydrogen (secondary N) is 1. The van der Waals surface area contributed by atoms with Crippen molar-refractivity contribution in [2.45, 2.75) is 32.4 Å². The SMILES string of the molecule is Cn1nc(C(C)(C)C)c(Cl)c1C(=O)Nc1nc(-c2ccccc2C(F)(F)F)cc(Cl)c1N. The Kier molecular flexibility index (Phi) is 6.19. The van der Waals surface area contributed by atoms with E-state index in [2.05, 4.69) is 15.4 Å². The van der Waals surface area contributed by atoms with E-state index in [0.29, 0.717) is 5.69 Å². The van der Waals surface area contributed by atoms with Gasteiger partial charge in [0.2, 0.25) is 0 Å². The topological polar surface area (TPSA) is 85.8 Å². The molecule has 0 radical (unpaired) electrons. The Balaban J connectivity index is 2.06. The van der Waals surface area contributed by atoms with Crippen LogP contribution < -0.4 is 11.1 Å². The highest BCUT2D eigenvalue weighted by Crippen LogP contribution is 2.39. The Labute approximate surface area is 192 Å². The second-order valence-electron chi connectivity index (χ2n) is 8.13. The van der Waals surface area contributed by atoms with E-state index < -0.39 is 23.1 Å². The molecule has 32 heavy (non-hydrogen) atoms. The molecule has 2 heterocycles. The number of nitrogens with zero attached hydrogens (tertiary/aromatic N) is 3. The smallest absolute Gasteiger partial charge is 0.395 e. The summed E-state index contributed by atoms with van der Waals surface area (Å²) < 4.78 is 41.7. The predicted molar refractivity (Wildman–Crippen MR) is 119 cm³/mol. The Morgan fingerprint density at radius 2 is 1.78 bits per heavy atom. The van der Waals surface area contributed by atoms with E-state index in [0.717, 1.165) is 6.07 Å². The van der Waals surface area contributed by atoms with Crippen molar-refractivity contribution < 1.29 is 18.0 Å². The highest BCUT2D eigenvalue weighted by atomic mass is 35.5. The summed E-state index contributed by atoms with van der Waals surface area (Å²) >= 11 is 12.5. The zero-order chi connectivity index (χ0) is 24.0. The Hall–Kier alpha value is -2.78. The van der Waals surface area contributed by atoms with Crippen molar-refractivity contribution in [2.24, 2.45) is 7.05 Å². The normalized spacial score (nSPS) is 12.2. The fourth-order valence-corrected chi connectivity index (χ4v) is 3.82. The second kappa shape index (κ2) is 8.29. The zero-order valence-electron chi connectivity index (χ0n) is 17.6. The number of halogens is 5. The molecule has 3 aromatic rings. The first-order valence-electron chi connectivity index (χ1n) is 9.38. The molecule has 6 nitrogen and oxygen atoms in total. The molecule has 3 rings (SSSR count). The summed E-state index contributed by atoms with van der Waals surface area (Å²) in [5.74, 6) is -0.874. The van der Waals surface area contributed by atoms with E-state index in [1.807, 2.05) is 20.8 Å². The molecule has 11 heteroatoms. The van der Waals surface area contributed by atoms with Crippen LogP contribution in [-0.2, 0) is 18.6 Å². The van der Waals surface area contributed by atoms with Crippen molar-refractivity contribution in [2.75, 3.05) is 11.1 Å². The first kappa shape index (κ1) is 23.9. The molecule has 0 bridgehead atoms. The van der Waals surface area contributed by atoms with E-state index in [-0.39, 0.29) is 38.5 Å². The van der Waals surface area contributed by atoms with E-state index in [9.17, 15) is 18.0 Å². The summed E-state index contributed by atoms with van der Waals surface area (Å²) in [5.41, 5.74) is 4.80. The van der Waals surface area contributed by atoms with Crippen molar-refractivity contribution >= 4 is 40.6 Å². The van der Waals surface area contributed by atoms with Crippen LogP contribution in [0.4, 0.5) is 24.7 Å². The summed E-state index contributed by atoms with van der Waals surface area (Å²) in [7, 11) is 1.55. The average Bonchev–Trinajstić information content (AvgIpc) is 2.99. The van der Waals surface area contributed by atoms with Gasteiger partial charge in [-0.2, -0.15) is 18.3 Å². The van der Waals surface area contributed by atoms with Crippen LogP contribution >= 0.6 is 23.2 Å². The van der Waals surface area contributed by atoms with Gasteiger partial charge in [-0.1, -0.05) is 62.2 Å². The summed E-state index contributed by atoms with van der Waals surface area (Å²) in [5, 5.41) is 6.90. The number of nitrogen functional groups attached to an aromatic ring is 1. The van der Waals surface area contributed by atoms with Crippen LogP contribution in [0.3, 0.4) is 0 Å². The predicted octanol–water partition coefficient (Wildman–Crippen LogP) is 5.94. The fraction of sp³-hybridized carbons (Fsp3) is 0.286. The Morgan fingerprint density at radius 3 is 2.34 bits per heavy atom. The number of aryl methyl sites for hydroxylation is 1. The third kappa shape index (κ3) is 4.54. The summed E-state index contributed by atoms with van der Waals surface area (Å²) in [6.45, 7) is 5.68. The van der Waals surface area contributed by atoms with Crippen LogP contribution in [0.1, 0.15) is 42.5 Å². The third-order valence-corrected chi connectivity index (χ3v) is 5.33. The lowest BCUT2D eigenvalue weighted by Gasteiger charge is -2.16. The molecule has 0 aliphatic carbocycles. The maximum Gasteiger partial charge on any atom is 0.417 e. The minimum absolute atomic E-state index is 0.0509. The minimum atomic E-state index is -4.61. The zero-order valence-corrected chi connectivity index (χ0v) is 19.1. The van der Waals surface area contributed by atoms with Crippen LogP contribution in [0.25, 0.3) is 11.3 Å². The molecule has 0 aliphatic rings. The van der Waals surface area contributed by atoms with Crippen LogP contribution in [0.15, 0.2) is 30.3 Å². The first-order chi connectivity index (χ1) is 14.7. The van der Waals surface area contributed by atoms with E-state index in [1.54, 1.807) is 7.05 Å². The third-order valence-electron chi connectivity index (χ3n) is 4.66. The second-order valence-corrected chi connectivity index (χ2v) is 8.92. The van der Waals surface area contributed by atoms with Crippen LogP contribution in [0.5, 0.6) is 0 Å². The van der Waals surface area contributed by atoms with Gasteiger partial charge < -0.3 is 11.1 Å². The summed E-state index contributed by atoms with van der Waals surface area (Å²) in [6, 6.07) is 6.12. The van der Waals surface area contributed by atoms with Gasteiger partial charge in [0, 0.05) is 18.0 Å². The molecule has 0 atom stereocenters. The molecule has 0 fully saturated rings. The standard InChI is InChI=1S/C21H20Cl2F3N5O/c1-20(2,3)17-14(23)16(31(4)30-17)19(32)29-18-15(27)12(22)9-13(28-18)10-7-5-6-8-11(10)21(24,25)26/h5-9H,27H2,1-4H3,(H,28,29,32). The van der Waals surface area contributed by atoms with E-state index in [1.165, 1.54) is 28.9 Å². The molecule has 1 aromatic carbocycles. The number of pyridine rings is 1. The number of amides is 1. The maximum absolute atomic E-state index is 13.5. The number of benzene rings is 1. The molecule has 1 amide bonds. The fourth-order valence-electron chi connectivity index (χ4n) is 3.10. The van der Waals surface area contributed by atoms with Gasteiger partial charge in [-0.05, 0) is 12.1 Å². The Morgan fingerprint density at radius 1 is 1.16 bits per heavy atom. The molecule has 170 valence electrons. The molecule has 3 N–H and O–H groups in total. The average molecular weight is 486 g/mol. The maximum atomic E-state index is 13.5. The largest absolute Gasteiger partial charge is 0.417 e.